The quantitative estimate of drug-likeness (QED) is 0.752. The Balaban J connectivity index is 1.66. The monoisotopic (exact) mass is 380 g/mol. The van der Waals surface area contributed by atoms with Gasteiger partial charge in [0.2, 0.25) is 0 Å². The second kappa shape index (κ2) is 7.72. The zero-order valence-corrected chi connectivity index (χ0v) is 15.3. The number of piperidine rings is 1. The highest BCUT2D eigenvalue weighted by Gasteiger charge is 2.35. The summed E-state index contributed by atoms with van der Waals surface area (Å²) in [6.45, 7) is 0.759. The van der Waals surface area contributed by atoms with Crippen molar-refractivity contribution >= 4 is 5.91 Å². The summed E-state index contributed by atoms with van der Waals surface area (Å²) in [5.74, 6) is -1.43. The van der Waals surface area contributed by atoms with Crippen LogP contribution in [0.25, 0.3) is 0 Å². The third-order valence-electron chi connectivity index (χ3n) is 6.14. The lowest BCUT2D eigenvalue weighted by molar-refractivity contribution is -0.140. The molecule has 4 aliphatic rings. The third kappa shape index (κ3) is 3.80. The van der Waals surface area contributed by atoms with Crippen molar-refractivity contribution in [3.8, 4) is 5.75 Å². The number of carbonyl (C=O) groups is 1. The van der Waals surface area contributed by atoms with Gasteiger partial charge in [-0.05, 0) is 44.4 Å². The Labute approximate surface area is 157 Å². The Kier molecular flexibility index (Phi) is 5.32. The van der Waals surface area contributed by atoms with Gasteiger partial charge in [-0.1, -0.05) is 0 Å². The number of nitrogens with zero attached hydrogens (tertiary/aromatic N) is 1. The number of amides is 1. The van der Waals surface area contributed by atoms with Crippen molar-refractivity contribution in [3.63, 3.8) is 0 Å². The van der Waals surface area contributed by atoms with Crippen molar-refractivity contribution in [3.05, 3.63) is 29.3 Å². The fourth-order valence-electron chi connectivity index (χ4n) is 4.66. The number of halogens is 2. The topological polar surface area (TPSA) is 64.8 Å². The molecule has 1 aliphatic carbocycles. The van der Waals surface area contributed by atoms with Gasteiger partial charge in [0, 0.05) is 30.3 Å². The largest absolute Gasteiger partial charge is 0.483 e. The lowest BCUT2D eigenvalue weighted by Gasteiger charge is -2.40. The van der Waals surface area contributed by atoms with E-state index in [1.54, 1.807) is 4.90 Å². The second-order valence-electron chi connectivity index (χ2n) is 7.86. The number of hydrogen-bond acceptors (Lipinski definition) is 4. The highest BCUT2D eigenvalue weighted by Crippen LogP contribution is 2.40. The van der Waals surface area contributed by atoms with E-state index in [2.05, 4.69) is 0 Å². The summed E-state index contributed by atoms with van der Waals surface area (Å²) in [5.41, 5.74) is 6.65. The summed E-state index contributed by atoms with van der Waals surface area (Å²) in [5, 5.41) is 0. The Morgan fingerprint density at radius 2 is 1.89 bits per heavy atom. The van der Waals surface area contributed by atoms with Gasteiger partial charge in [0.25, 0.3) is 5.91 Å². The molecule has 2 fully saturated rings. The molecule has 1 amide bonds. The molecule has 5 nitrogen and oxygen atoms in total. The van der Waals surface area contributed by atoms with Crippen molar-refractivity contribution in [1.29, 1.82) is 0 Å². The zero-order valence-electron chi connectivity index (χ0n) is 15.3. The standard InChI is InChI=1S/C20H26F2N2O3/c21-13-8-15(22)20-12-3-5-14(6-4-12)26-10-17-16(23)2-1-7-24(17)19(25)11-27-18(20)9-13/h8-9,12,14,16-17H,1-7,10-11,23H2/t12?,14?,16-,17-/m0/s1. The van der Waals surface area contributed by atoms with Gasteiger partial charge in [0.1, 0.15) is 17.4 Å². The van der Waals surface area contributed by atoms with Gasteiger partial charge in [-0.25, -0.2) is 8.78 Å². The molecule has 1 saturated heterocycles. The van der Waals surface area contributed by atoms with Gasteiger partial charge in [-0.15, -0.1) is 0 Å². The van der Waals surface area contributed by atoms with Crippen molar-refractivity contribution in [2.75, 3.05) is 19.8 Å². The predicted octanol–water partition coefficient (Wildman–Crippen LogP) is 2.72. The van der Waals surface area contributed by atoms with Crippen LogP contribution in [0.3, 0.4) is 0 Å². The van der Waals surface area contributed by atoms with E-state index in [4.69, 9.17) is 15.2 Å². The number of hydrogen-bond donors (Lipinski definition) is 1. The van der Waals surface area contributed by atoms with Crippen molar-refractivity contribution in [2.45, 2.75) is 62.6 Å². The van der Waals surface area contributed by atoms with Crippen LogP contribution in [0.2, 0.25) is 0 Å². The van der Waals surface area contributed by atoms with E-state index < -0.39 is 11.6 Å². The molecule has 2 N–H and O–H groups in total. The van der Waals surface area contributed by atoms with Gasteiger partial charge in [-0.3, -0.25) is 4.79 Å². The first kappa shape index (κ1) is 18.6. The van der Waals surface area contributed by atoms with Crippen LogP contribution in [0.5, 0.6) is 5.75 Å². The van der Waals surface area contributed by atoms with E-state index in [0.29, 0.717) is 18.7 Å². The summed E-state index contributed by atoms with van der Waals surface area (Å²) in [7, 11) is 0. The zero-order chi connectivity index (χ0) is 19.0. The maximum atomic E-state index is 14.5. The molecule has 0 aromatic heterocycles. The van der Waals surface area contributed by atoms with Crippen LogP contribution in [0, 0.1) is 11.6 Å². The Bertz CT molecular complexity index is 707. The molecule has 1 saturated carbocycles. The van der Waals surface area contributed by atoms with Crippen molar-refractivity contribution < 1.29 is 23.0 Å². The van der Waals surface area contributed by atoms with Crippen LogP contribution < -0.4 is 10.5 Å². The Hall–Kier alpha value is -1.73. The predicted molar refractivity (Wildman–Crippen MR) is 95.5 cm³/mol. The lowest BCUT2D eigenvalue weighted by Crippen LogP contribution is -2.57. The minimum absolute atomic E-state index is 0.0545. The normalized spacial score (nSPS) is 31.8. The molecule has 3 aliphatic heterocycles. The van der Waals surface area contributed by atoms with E-state index in [1.807, 2.05) is 0 Å². The number of fused-ring (bicyclic) bond motifs is 5. The number of carbonyl (C=O) groups excluding carboxylic acids is 1. The van der Waals surface area contributed by atoms with Gasteiger partial charge in [-0.2, -0.15) is 0 Å². The van der Waals surface area contributed by atoms with Crippen LogP contribution in [0.4, 0.5) is 8.78 Å². The van der Waals surface area contributed by atoms with Gasteiger partial charge >= 0.3 is 0 Å². The molecule has 2 bridgehead atoms. The summed E-state index contributed by atoms with van der Waals surface area (Å²) < 4.78 is 40.1. The summed E-state index contributed by atoms with van der Waals surface area (Å²) >= 11 is 0. The molecule has 27 heavy (non-hydrogen) atoms. The van der Waals surface area contributed by atoms with E-state index in [9.17, 15) is 13.6 Å². The van der Waals surface area contributed by atoms with Crippen LogP contribution >= 0.6 is 0 Å². The maximum absolute atomic E-state index is 14.5. The minimum atomic E-state index is -0.696. The van der Waals surface area contributed by atoms with Crippen molar-refractivity contribution in [1.82, 2.24) is 4.90 Å². The first-order valence-corrected chi connectivity index (χ1v) is 9.81. The number of ether oxygens (including phenoxy) is 2. The summed E-state index contributed by atoms with van der Waals surface area (Å²) in [6, 6.07) is 1.76. The van der Waals surface area contributed by atoms with Gasteiger partial charge in [0.05, 0.1) is 18.8 Å². The molecule has 0 spiro atoms. The van der Waals surface area contributed by atoms with Gasteiger partial charge in [0.15, 0.2) is 6.61 Å². The highest BCUT2D eigenvalue weighted by atomic mass is 19.1. The number of nitrogens with two attached hydrogens (primary N) is 1. The molecular formula is C20H26F2N2O3. The number of rotatable bonds is 0. The first-order chi connectivity index (χ1) is 13.0. The molecule has 148 valence electrons. The molecule has 2 atom stereocenters. The highest BCUT2D eigenvalue weighted by molar-refractivity contribution is 5.78. The average molecular weight is 380 g/mol. The molecule has 1 aromatic carbocycles. The first-order valence-electron chi connectivity index (χ1n) is 9.81. The van der Waals surface area contributed by atoms with E-state index >= 15 is 0 Å². The fourth-order valence-corrected chi connectivity index (χ4v) is 4.66. The molecule has 0 unspecified atom stereocenters. The van der Waals surface area contributed by atoms with Crippen LogP contribution in [-0.2, 0) is 9.53 Å². The molecular weight excluding hydrogens is 354 g/mol. The molecule has 0 radical (unpaired) electrons. The average Bonchev–Trinajstić information content (AvgIpc) is 2.66. The molecule has 3 heterocycles. The third-order valence-corrected chi connectivity index (χ3v) is 6.14. The minimum Gasteiger partial charge on any atom is -0.483 e. The maximum Gasteiger partial charge on any atom is 0.260 e. The lowest BCUT2D eigenvalue weighted by atomic mass is 9.82. The SMILES string of the molecule is N[C@H]1CCCN2C(=O)COc3cc(F)cc(F)c3C3CCC(CC3)OC[C@@H]12. The van der Waals surface area contributed by atoms with Crippen LogP contribution in [0.1, 0.15) is 50.0 Å². The smallest absolute Gasteiger partial charge is 0.260 e. The van der Waals surface area contributed by atoms with Gasteiger partial charge < -0.3 is 20.1 Å². The summed E-state index contributed by atoms with van der Waals surface area (Å²) in [6.07, 6.45) is 4.86. The summed E-state index contributed by atoms with van der Waals surface area (Å²) in [4.78, 5) is 14.5. The van der Waals surface area contributed by atoms with E-state index in [1.165, 1.54) is 6.07 Å². The van der Waals surface area contributed by atoms with Crippen molar-refractivity contribution in [2.24, 2.45) is 5.73 Å². The Morgan fingerprint density at radius 1 is 1.11 bits per heavy atom. The Morgan fingerprint density at radius 3 is 2.67 bits per heavy atom. The fraction of sp³-hybridized carbons (Fsp3) is 0.650. The van der Waals surface area contributed by atoms with Crippen LogP contribution in [0.15, 0.2) is 12.1 Å². The van der Waals surface area contributed by atoms with E-state index in [0.717, 1.165) is 44.6 Å². The van der Waals surface area contributed by atoms with Crippen LogP contribution in [-0.4, -0.2) is 48.8 Å². The molecule has 7 heteroatoms. The molecule has 5 rings (SSSR count). The molecule has 1 aromatic rings. The second-order valence-corrected chi connectivity index (χ2v) is 7.86. The number of benzene rings is 1. The van der Waals surface area contributed by atoms with E-state index in [-0.39, 0.29) is 42.4 Å².